The molecular formula is C17H36OS. The Morgan fingerprint density at radius 3 is 1.68 bits per heavy atom. The van der Waals surface area contributed by atoms with Gasteiger partial charge in [-0.2, -0.15) is 12.6 Å². The Balaban J connectivity index is 3.25. The van der Waals surface area contributed by atoms with Crippen LogP contribution in [-0.2, 0) is 0 Å². The zero-order valence-corrected chi connectivity index (χ0v) is 14.1. The van der Waals surface area contributed by atoms with Crippen LogP contribution in [0.3, 0.4) is 0 Å². The van der Waals surface area contributed by atoms with Gasteiger partial charge in [0, 0.05) is 11.9 Å². The van der Waals surface area contributed by atoms with Crippen LogP contribution in [0.5, 0.6) is 0 Å². The fraction of sp³-hybridized carbons (Fsp3) is 1.00. The van der Waals surface area contributed by atoms with Gasteiger partial charge in [-0.25, -0.2) is 0 Å². The van der Waals surface area contributed by atoms with Crippen molar-refractivity contribution < 1.29 is 5.11 Å². The van der Waals surface area contributed by atoms with E-state index in [0.29, 0.717) is 17.8 Å². The molecule has 0 saturated carbocycles. The normalized spacial score (nSPS) is 14.5. The van der Waals surface area contributed by atoms with Gasteiger partial charge in [-0.15, -0.1) is 0 Å². The molecule has 116 valence electrons. The first-order valence-corrected chi connectivity index (χ1v) is 9.03. The average Bonchev–Trinajstić information content (AvgIpc) is 2.39. The number of thiol groups is 1. The molecule has 0 aromatic heterocycles. The van der Waals surface area contributed by atoms with Gasteiger partial charge in [0.05, 0.1) is 0 Å². The van der Waals surface area contributed by atoms with E-state index in [1.165, 1.54) is 70.6 Å². The quantitative estimate of drug-likeness (QED) is 0.314. The molecular weight excluding hydrogens is 252 g/mol. The third kappa shape index (κ3) is 13.1. The summed E-state index contributed by atoms with van der Waals surface area (Å²) in [4.78, 5) is 0. The predicted molar refractivity (Wildman–Crippen MR) is 90.1 cm³/mol. The van der Waals surface area contributed by atoms with E-state index in [1.807, 2.05) is 0 Å². The largest absolute Gasteiger partial charge is 0.396 e. The SMILES string of the molecule is CCCCCCCCCCCCC(CCO)C(C)S. The van der Waals surface area contributed by atoms with Crippen molar-refractivity contribution in [1.29, 1.82) is 0 Å². The molecule has 1 nitrogen and oxygen atoms in total. The molecule has 2 heteroatoms. The Kier molecular flexibility index (Phi) is 15.0. The highest BCUT2D eigenvalue weighted by atomic mass is 32.1. The lowest BCUT2D eigenvalue weighted by atomic mass is 9.94. The molecule has 19 heavy (non-hydrogen) atoms. The van der Waals surface area contributed by atoms with Crippen molar-refractivity contribution in [3.63, 3.8) is 0 Å². The van der Waals surface area contributed by atoms with Gasteiger partial charge in [0.2, 0.25) is 0 Å². The van der Waals surface area contributed by atoms with Gasteiger partial charge in [-0.1, -0.05) is 78.1 Å². The lowest BCUT2D eigenvalue weighted by molar-refractivity contribution is 0.249. The van der Waals surface area contributed by atoms with Crippen LogP contribution in [0.2, 0.25) is 0 Å². The van der Waals surface area contributed by atoms with E-state index in [1.54, 1.807) is 0 Å². The standard InChI is InChI=1S/C17H36OS/c1-3-4-5-6-7-8-9-10-11-12-13-17(14-15-18)16(2)19/h16-19H,3-15H2,1-2H3. The highest BCUT2D eigenvalue weighted by molar-refractivity contribution is 7.80. The van der Waals surface area contributed by atoms with Gasteiger partial charge in [0.15, 0.2) is 0 Å². The first kappa shape index (κ1) is 19.3. The highest BCUT2D eigenvalue weighted by Crippen LogP contribution is 2.21. The number of aliphatic hydroxyl groups excluding tert-OH is 1. The maximum atomic E-state index is 9.01. The molecule has 0 radical (unpaired) electrons. The minimum absolute atomic E-state index is 0.313. The van der Waals surface area contributed by atoms with Crippen molar-refractivity contribution >= 4 is 12.6 Å². The van der Waals surface area contributed by atoms with E-state index >= 15 is 0 Å². The van der Waals surface area contributed by atoms with E-state index < -0.39 is 0 Å². The van der Waals surface area contributed by atoms with E-state index in [2.05, 4.69) is 26.5 Å². The maximum absolute atomic E-state index is 9.01. The van der Waals surface area contributed by atoms with Gasteiger partial charge in [-0.3, -0.25) is 0 Å². The van der Waals surface area contributed by atoms with Crippen molar-refractivity contribution in [3.05, 3.63) is 0 Å². The minimum Gasteiger partial charge on any atom is -0.396 e. The number of aliphatic hydroxyl groups is 1. The molecule has 0 aromatic rings. The predicted octanol–water partition coefficient (Wildman–Crippen LogP) is 5.61. The molecule has 0 amide bonds. The summed E-state index contributed by atoms with van der Waals surface area (Å²) in [6, 6.07) is 0. The van der Waals surface area contributed by atoms with E-state index in [0.717, 1.165) is 6.42 Å². The van der Waals surface area contributed by atoms with Crippen molar-refractivity contribution in [2.24, 2.45) is 5.92 Å². The number of unbranched alkanes of at least 4 members (excludes halogenated alkanes) is 9. The van der Waals surface area contributed by atoms with Crippen LogP contribution in [0.1, 0.15) is 90.9 Å². The topological polar surface area (TPSA) is 20.2 Å². The Morgan fingerprint density at radius 1 is 0.789 bits per heavy atom. The fourth-order valence-corrected chi connectivity index (χ4v) is 2.98. The smallest absolute Gasteiger partial charge is 0.0434 e. The van der Waals surface area contributed by atoms with Crippen LogP contribution in [-0.4, -0.2) is 17.0 Å². The second kappa shape index (κ2) is 14.7. The Hall–Kier alpha value is 0.310. The van der Waals surface area contributed by atoms with Gasteiger partial charge in [0.1, 0.15) is 0 Å². The molecule has 0 aliphatic carbocycles. The van der Waals surface area contributed by atoms with Crippen LogP contribution in [0.15, 0.2) is 0 Å². The van der Waals surface area contributed by atoms with Crippen LogP contribution < -0.4 is 0 Å². The first-order valence-electron chi connectivity index (χ1n) is 8.51. The van der Waals surface area contributed by atoms with E-state index in [4.69, 9.17) is 5.11 Å². The number of hydrogen-bond acceptors (Lipinski definition) is 2. The summed E-state index contributed by atoms with van der Waals surface area (Å²) in [7, 11) is 0. The second-order valence-electron chi connectivity index (χ2n) is 5.98. The van der Waals surface area contributed by atoms with E-state index in [-0.39, 0.29) is 0 Å². The van der Waals surface area contributed by atoms with Crippen molar-refractivity contribution in [2.45, 2.75) is 96.1 Å². The summed E-state index contributed by atoms with van der Waals surface area (Å²) < 4.78 is 0. The zero-order chi connectivity index (χ0) is 14.3. The summed E-state index contributed by atoms with van der Waals surface area (Å²) in [5, 5.41) is 9.43. The van der Waals surface area contributed by atoms with E-state index in [9.17, 15) is 0 Å². The molecule has 0 aliphatic rings. The minimum atomic E-state index is 0.313. The third-order valence-corrected chi connectivity index (χ3v) is 4.53. The maximum Gasteiger partial charge on any atom is 0.0434 e. The average molecular weight is 289 g/mol. The van der Waals surface area contributed by atoms with Crippen LogP contribution in [0.25, 0.3) is 0 Å². The molecule has 0 spiro atoms. The van der Waals surface area contributed by atoms with Gasteiger partial charge < -0.3 is 5.11 Å². The molecule has 0 rings (SSSR count). The summed E-state index contributed by atoms with van der Waals surface area (Å²) in [5.74, 6) is 0.599. The molecule has 0 fully saturated rings. The highest BCUT2D eigenvalue weighted by Gasteiger charge is 2.12. The third-order valence-electron chi connectivity index (χ3n) is 4.11. The number of rotatable bonds is 14. The summed E-state index contributed by atoms with van der Waals surface area (Å²) in [6.07, 6.45) is 16.1. The first-order chi connectivity index (χ1) is 9.22. The Bertz CT molecular complexity index is 171. The fourth-order valence-electron chi connectivity index (χ4n) is 2.69. The monoisotopic (exact) mass is 288 g/mol. The van der Waals surface area contributed by atoms with Gasteiger partial charge in [-0.05, 0) is 18.8 Å². The molecule has 2 atom stereocenters. The Morgan fingerprint density at radius 2 is 1.26 bits per heavy atom. The lowest BCUT2D eigenvalue weighted by Crippen LogP contribution is -2.13. The summed E-state index contributed by atoms with van der Waals surface area (Å²) in [5.41, 5.74) is 0. The molecule has 2 unspecified atom stereocenters. The molecule has 0 heterocycles. The summed E-state index contributed by atoms with van der Waals surface area (Å²) >= 11 is 4.52. The molecule has 0 saturated heterocycles. The zero-order valence-electron chi connectivity index (χ0n) is 13.2. The van der Waals surface area contributed by atoms with Gasteiger partial charge in [0.25, 0.3) is 0 Å². The Labute approximate surface area is 127 Å². The number of hydrogen-bond donors (Lipinski definition) is 2. The van der Waals surface area contributed by atoms with Crippen LogP contribution in [0.4, 0.5) is 0 Å². The second-order valence-corrected chi connectivity index (χ2v) is 6.80. The van der Waals surface area contributed by atoms with Gasteiger partial charge >= 0.3 is 0 Å². The molecule has 0 aliphatic heterocycles. The van der Waals surface area contributed by atoms with Crippen molar-refractivity contribution in [2.75, 3.05) is 6.61 Å². The molecule has 0 bridgehead atoms. The molecule has 1 N–H and O–H groups in total. The van der Waals surface area contributed by atoms with Crippen LogP contribution >= 0.6 is 12.6 Å². The summed E-state index contributed by atoms with van der Waals surface area (Å²) in [6.45, 7) is 4.74. The van der Waals surface area contributed by atoms with Crippen LogP contribution in [0, 0.1) is 5.92 Å². The van der Waals surface area contributed by atoms with Crippen molar-refractivity contribution in [3.8, 4) is 0 Å². The molecule has 0 aromatic carbocycles. The van der Waals surface area contributed by atoms with Crippen molar-refractivity contribution in [1.82, 2.24) is 0 Å². The lowest BCUT2D eigenvalue weighted by Gasteiger charge is -2.18.